The summed E-state index contributed by atoms with van der Waals surface area (Å²) in [7, 11) is 0. The Balaban J connectivity index is 1.83. The molecule has 0 amide bonds. The lowest BCUT2D eigenvalue weighted by Gasteiger charge is -2.10. The smallest absolute Gasteiger partial charge is 0.213 e. The first-order chi connectivity index (χ1) is 9.83. The highest BCUT2D eigenvalue weighted by Crippen LogP contribution is 2.25. The van der Waals surface area contributed by atoms with Crippen LogP contribution >= 0.6 is 0 Å². The third kappa shape index (κ3) is 2.67. The van der Waals surface area contributed by atoms with Gasteiger partial charge in [0.15, 0.2) is 5.82 Å². The van der Waals surface area contributed by atoms with Gasteiger partial charge in [-0.1, -0.05) is 35.5 Å². The summed E-state index contributed by atoms with van der Waals surface area (Å²) in [5, 5.41) is 3.75. The molecule has 0 bridgehead atoms. The lowest BCUT2D eigenvalue weighted by atomic mass is 10.1. The number of para-hydroxylation sites is 1. The Morgan fingerprint density at radius 2 is 1.80 bits per heavy atom. The molecule has 0 fully saturated rings. The first-order valence-electron chi connectivity index (χ1n) is 6.17. The Hall–Kier alpha value is -2.66. The van der Waals surface area contributed by atoms with Crippen LogP contribution in [0.5, 0.6) is 11.5 Å². The van der Waals surface area contributed by atoms with Crippen molar-refractivity contribution in [2.45, 2.75) is 6.04 Å². The van der Waals surface area contributed by atoms with Gasteiger partial charge < -0.3 is 15.0 Å². The van der Waals surface area contributed by atoms with E-state index in [4.69, 9.17) is 15.0 Å². The summed E-state index contributed by atoms with van der Waals surface area (Å²) >= 11 is 0. The lowest BCUT2D eigenvalue weighted by molar-refractivity contribution is 0.407. The van der Waals surface area contributed by atoms with Crippen LogP contribution in [0.25, 0.3) is 0 Å². The fraction of sp³-hybridized carbons (Fsp3) is 0.0667. The summed E-state index contributed by atoms with van der Waals surface area (Å²) in [4.78, 5) is 3.96. The Morgan fingerprint density at radius 3 is 2.55 bits per heavy atom. The van der Waals surface area contributed by atoms with Gasteiger partial charge in [-0.15, -0.1) is 0 Å². The lowest BCUT2D eigenvalue weighted by Crippen LogP contribution is -2.13. The quantitative estimate of drug-likeness (QED) is 0.786. The third-order valence-electron chi connectivity index (χ3n) is 2.85. The van der Waals surface area contributed by atoms with Crippen molar-refractivity contribution in [3.05, 3.63) is 72.4 Å². The molecule has 0 aliphatic carbocycles. The maximum Gasteiger partial charge on any atom is 0.213 e. The van der Waals surface area contributed by atoms with E-state index in [0.29, 0.717) is 11.6 Å². The Morgan fingerprint density at radius 1 is 1.00 bits per heavy atom. The van der Waals surface area contributed by atoms with Crippen LogP contribution in [-0.2, 0) is 0 Å². The number of ether oxygens (including phenoxy) is 1. The summed E-state index contributed by atoms with van der Waals surface area (Å²) < 4.78 is 10.5. The first kappa shape index (κ1) is 12.4. The van der Waals surface area contributed by atoms with Gasteiger partial charge in [-0.2, -0.15) is 4.98 Å². The zero-order valence-corrected chi connectivity index (χ0v) is 10.6. The number of rotatable bonds is 4. The van der Waals surface area contributed by atoms with Crippen LogP contribution in [0.4, 0.5) is 0 Å². The molecule has 1 atom stereocenters. The molecule has 1 aromatic heterocycles. The topological polar surface area (TPSA) is 74.2 Å². The molecule has 0 radical (unpaired) electrons. The first-order valence-corrected chi connectivity index (χ1v) is 6.17. The van der Waals surface area contributed by atoms with Crippen molar-refractivity contribution in [1.29, 1.82) is 0 Å². The second-order valence-electron chi connectivity index (χ2n) is 4.25. The van der Waals surface area contributed by atoms with E-state index in [9.17, 15) is 0 Å². The number of hydrogen-bond acceptors (Lipinski definition) is 5. The minimum atomic E-state index is -0.437. The van der Waals surface area contributed by atoms with Gasteiger partial charge in [0.1, 0.15) is 11.5 Å². The molecule has 2 N–H and O–H groups in total. The van der Waals surface area contributed by atoms with Crippen molar-refractivity contribution in [3.63, 3.8) is 0 Å². The van der Waals surface area contributed by atoms with Crippen LogP contribution in [0.2, 0.25) is 0 Å². The summed E-state index contributed by atoms with van der Waals surface area (Å²) in [6, 6.07) is 16.7. The maximum absolute atomic E-state index is 6.08. The highest BCUT2D eigenvalue weighted by atomic mass is 16.5. The van der Waals surface area contributed by atoms with E-state index in [-0.39, 0.29) is 0 Å². The fourth-order valence-electron chi connectivity index (χ4n) is 1.86. The van der Waals surface area contributed by atoms with Crippen molar-refractivity contribution < 1.29 is 9.26 Å². The van der Waals surface area contributed by atoms with Gasteiger partial charge >= 0.3 is 0 Å². The molecule has 3 rings (SSSR count). The Bertz CT molecular complexity index is 669. The van der Waals surface area contributed by atoms with Crippen LogP contribution in [0, 0.1) is 0 Å². The van der Waals surface area contributed by atoms with E-state index in [2.05, 4.69) is 10.1 Å². The van der Waals surface area contributed by atoms with Crippen LogP contribution in [0.1, 0.15) is 17.4 Å². The summed E-state index contributed by atoms with van der Waals surface area (Å²) in [5.41, 5.74) is 6.94. The third-order valence-corrected chi connectivity index (χ3v) is 2.85. The van der Waals surface area contributed by atoms with Crippen LogP contribution in [0.15, 0.2) is 65.5 Å². The minimum absolute atomic E-state index is 0.437. The molecule has 2 aromatic carbocycles. The molecule has 1 heterocycles. The van der Waals surface area contributed by atoms with Crippen molar-refractivity contribution in [1.82, 2.24) is 10.1 Å². The van der Waals surface area contributed by atoms with Crippen molar-refractivity contribution >= 4 is 0 Å². The van der Waals surface area contributed by atoms with Gasteiger partial charge in [0.05, 0.1) is 6.04 Å². The van der Waals surface area contributed by atoms with E-state index in [1.54, 1.807) is 0 Å². The minimum Gasteiger partial charge on any atom is -0.457 e. The van der Waals surface area contributed by atoms with E-state index in [1.807, 2.05) is 54.6 Å². The van der Waals surface area contributed by atoms with E-state index in [1.165, 1.54) is 6.39 Å². The molecule has 1 unspecified atom stereocenters. The summed E-state index contributed by atoms with van der Waals surface area (Å²) in [6.07, 6.45) is 1.26. The predicted octanol–water partition coefficient (Wildman–Crippen LogP) is 2.91. The highest BCUT2D eigenvalue weighted by Gasteiger charge is 2.14. The van der Waals surface area contributed by atoms with Crippen molar-refractivity contribution in [3.8, 4) is 11.5 Å². The molecule has 20 heavy (non-hydrogen) atoms. The van der Waals surface area contributed by atoms with E-state index in [0.717, 1.165) is 11.3 Å². The number of aromatic nitrogens is 2. The number of nitrogens with two attached hydrogens (primary N) is 1. The summed E-state index contributed by atoms with van der Waals surface area (Å²) in [5.74, 6) is 1.94. The van der Waals surface area contributed by atoms with Gasteiger partial charge in [0, 0.05) is 0 Å². The van der Waals surface area contributed by atoms with Crippen LogP contribution in [-0.4, -0.2) is 10.1 Å². The van der Waals surface area contributed by atoms with Gasteiger partial charge in [-0.05, 0) is 29.8 Å². The second kappa shape index (κ2) is 5.54. The van der Waals surface area contributed by atoms with Gasteiger partial charge in [0.2, 0.25) is 6.39 Å². The number of nitrogens with zero attached hydrogens (tertiary/aromatic N) is 2. The summed E-state index contributed by atoms with van der Waals surface area (Å²) in [6.45, 7) is 0. The van der Waals surface area contributed by atoms with Crippen LogP contribution in [0.3, 0.4) is 0 Å². The van der Waals surface area contributed by atoms with Gasteiger partial charge in [-0.25, -0.2) is 0 Å². The zero-order chi connectivity index (χ0) is 13.8. The van der Waals surface area contributed by atoms with Crippen LogP contribution < -0.4 is 10.5 Å². The molecule has 0 aliphatic rings. The van der Waals surface area contributed by atoms with E-state index < -0.39 is 6.04 Å². The second-order valence-corrected chi connectivity index (χ2v) is 4.25. The molecule has 3 aromatic rings. The molecule has 0 aliphatic heterocycles. The largest absolute Gasteiger partial charge is 0.457 e. The number of hydrogen-bond donors (Lipinski definition) is 1. The molecule has 0 spiro atoms. The monoisotopic (exact) mass is 267 g/mol. The predicted molar refractivity (Wildman–Crippen MR) is 73.3 cm³/mol. The zero-order valence-electron chi connectivity index (χ0n) is 10.6. The SMILES string of the molecule is NC(c1cccc(Oc2ccccc2)c1)c1ncon1. The van der Waals surface area contributed by atoms with Crippen molar-refractivity contribution in [2.75, 3.05) is 0 Å². The Labute approximate surface area is 116 Å². The highest BCUT2D eigenvalue weighted by molar-refractivity contribution is 5.36. The van der Waals surface area contributed by atoms with Gasteiger partial charge in [0.25, 0.3) is 0 Å². The molecule has 5 nitrogen and oxygen atoms in total. The molecule has 5 heteroatoms. The molecular formula is C15H13N3O2. The van der Waals surface area contributed by atoms with Gasteiger partial charge in [-0.3, -0.25) is 0 Å². The maximum atomic E-state index is 6.08. The molecular weight excluding hydrogens is 254 g/mol. The normalized spacial score (nSPS) is 12.1. The number of benzene rings is 2. The Kier molecular flexibility index (Phi) is 3.43. The standard InChI is InChI=1S/C15H13N3O2/c16-14(15-17-10-19-18-15)11-5-4-8-13(9-11)20-12-6-2-1-3-7-12/h1-10,14H,16H2. The molecule has 0 saturated carbocycles. The average Bonchev–Trinajstić information content (AvgIpc) is 3.02. The molecule has 100 valence electrons. The van der Waals surface area contributed by atoms with E-state index >= 15 is 0 Å². The molecule has 0 saturated heterocycles. The average molecular weight is 267 g/mol. The fourth-order valence-corrected chi connectivity index (χ4v) is 1.86. The van der Waals surface area contributed by atoms with Crippen molar-refractivity contribution in [2.24, 2.45) is 5.73 Å².